The molecule has 2 unspecified atom stereocenters. The van der Waals surface area contributed by atoms with Crippen LogP contribution in [-0.2, 0) is 0 Å². The smallest absolute Gasteiger partial charge is 0.0221 e. The second-order valence-electron chi connectivity index (χ2n) is 6.41. The molecule has 2 nitrogen and oxygen atoms in total. The first-order valence-corrected chi connectivity index (χ1v) is 8.31. The third kappa shape index (κ3) is 3.87. The highest BCUT2D eigenvalue weighted by Gasteiger charge is 2.29. The van der Waals surface area contributed by atoms with Crippen LogP contribution in [0.25, 0.3) is 0 Å². The van der Waals surface area contributed by atoms with Gasteiger partial charge in [-0.2, -0.15) is 11.8 Å². The molecule has 17 heavy (non-hydrogen) atoms. The predicted molar refractivity (Wildman–Crippen MR) is 77.8 cm³/mol. The van der Waals surface area contributed by atoms with Crippen molar-refractivity contribution in [3.63, 3.8) is 0 Å². The van der Waals surface area contributed by atoms with Gasteiger partial charge in [-0.1, -0.05) is 20.8 Å². The molecule has 0 spiro atoms. The van der Waals surface area contributed by atoms with E-state index in [0.717, 1.165) is 12.1 Å². The molecule has 2 aliphatic heterocycles. The first-order valence-electron chi connectivity index (χ1n) is 7.16. The Balaban J connectivity index is 1.74. The van der Waals surface area contributed by atoms with Crippen molar-refractivity contribution in [3.8, 4) is 0 Å². The largest absolute Gasteiger partial charge is 0.312 e. The van der Waals surface area contributed by atoms with E-state index >= 15 is 0 Å². The second-order valence-corrected chi connectivity index (χ2v) is 7.44. The average Bonchev–Trinajstić information content (AvgIpc) is 2.72. The number of nitrogens with zero attached hydrogens (tertiary/aromatic N) is 1. The van der Waals surface area contributed by atoms with Crippen LogP contribution in [0.5, 0.6) is 0 Å². The van der Waals surface area contributed by atoms with E-state index in [9.17, 15) is 0 Å². The molecule has 2 aliphatic rings. The summed E-state index contributed by atoms with van der Waals surface area (Å²) in [7, 11) is 0. The molecule has 0 aromatic carbocycles. The molecule has 2 atom stereocenters. The summed E-state index contributed by atoms with van der Waals surface area (Å²) in [6.45, 7) is 10.8. The summed E-state index contributed by atoms with van der Waals surface area (Å²) >= 11 is 2.12. The van der Waals surface area contributed by atoms with Gasteiger partial charge in [0.1, 0.15) is 0 Å². The lowest BCUT2D eigenvalue weighted by Gasteiger charge is -2.36. The molecule has 0 saturated carbocycles. The molecule has 100 valence electrons. The lowest BCUT2D eigenvalue weighted by molar-refractivity contribution is 0.242. The normalized spacial score (nSPS) is 34.1. The number of thioether (sulfide) groups is 1. The zero-order valence-corrected chi connectivity index (χ0v) is 12.5. The van der Waals surface area contributed by atoms with Crippen LogP contribution in [0, 0.1) is 5.41 Å². The quantitative estimate of drug-likeness (QED) is 0.832. The molecule has 2 heterocycles. The standard InChI is InChI=1S/C14H28N2S/c1-4-16-7-5-6-13(16)9-15-12-8-14(2,3)11-17-10-12/h12-13,15H,4-11H2,1-3H3. The first kappa shape index (κ1) is 13.7. The number of likely N-dealkylation sites (N-methyl/N-ethyl adjacent to an activating group) is 1. The van der Waals surface area contributed by atoms with Crippen molar-refractivity contribution in [1.29, 1.82) is 0 Å². The summed E-state index contributed by atoms with van der Waals surface area (Å²) in [6, 6.07) is 1.54. The lowest BCUT2D eigenvalue weighted by atomic mass is 9.88. The van der Waals surface area contributed by atoms with E-state index in [1.165, 1.54) is 50.4 Å². The summed E-state index contributed by atoms with van der Waals surface area (Å²) < 4.78 is 0. The SMILES string of the molecule is CCN1CCCC1CNC1CSCC(C)(C)C1. The third-order valence-corrected chi connectivity index (χ3v) is 5.78. The predicted octanol–water partition coefficient (Wildman–Crippen LogP) is 2.59. The van der Waals surface area contributed by atoms with Crippen molar-refractivity contribution in [2.75, 3.05) is 31.1 Å². The maximum atomic E-state index is 3.82. The zero-order chi connectivity index (χ0) is 12.3. The molecule has 2 saturated heterocycles. The van der Waals surface area contributed by atoms with Gasteiger partial charge >= 0.3 is 0 Å². The van der Waals surface area contributed by atoms with Gasteiger partial charge in [0, 0.05) is 24.4 Å². The van der Waals surface area contributed by atoms with Gasteiger partial charge in [0.25, 0.3) is 0 Å². The fourth-order valence-corrected chi connectivity index (χ4v) is 4.55. The van der Waals surface area contributed by atoms with Gasteiger partial charge in [0.05, 0.1) is 0 Å². The molecule has 0 aromatic rings. The molecule has 0 radical (unpaired) electrons. The summed E-state index contributed by atoms with van der Waals surface area (Å²) in [6.07, 6.45) is 4.13. The minimum atomic E-state index is 0.528. The van der Waals surface area contributed by atoms with E-state index in [1.54, 1.807) is 0 Å². The Morgan fingerprint density at radius 1 is 1.41 bits per heavy atom. The topological polar surface area (TPSA) is 15.3 Å². The van der Waals surface area contributed by atoms with Gasteiger partial charge in [-0.3, -0.25) is 4.90 Å². The Hall–Kier alpha value is 0.270. The summed E-state index contributed by atoms with van der Waals surface area (Å²) in [4.78, 5) is 2.63. The zero-order valence-electron chi connectivity index (χ0n) is 11.7. The molecule has 0 aromatic heterocycles. The Labute approximate surface area is 111 Å². The first-order chi connectivity index (χ1) is 8.11. The molecule has 2 rings (SSSR count). The van der Waals surface area contributed by atoms with Gasteiger partial charge in [0.15, 0.2) is 0 Å². The number of rotatable bonds is 4. The lowest BCUT2D eigenvalue weighted by Crippen LogP contribution is -2.46. The van der Waals surface area contributed by atoms with Crippen molar-refractivity contribution in [2.45, 2.75) is 52.1 Å². The Morgan fingerprint density at radius 3 is 2.94 bits per heavy atom. The third-order valence-electron chi connectivity index (χ3n) is 4.16. The average molecular weight is 256 g/mol. The van der Waals surface area contributed by atoms with Crippen LogP contribution < -0.4 is 5.32 Å². The Morgan fingerprint density at radius 2 is 2.24 bits per heavy atom. The van der Waals surface area contributed by atoms with Gasteiger partial charge < -0.3 is 5.32 Å². The molecular weight excluding hydrogens is 228 g/mol. The minimum absolute atomic E-state index is 0.528. The summed E-state index contributed by atoms with van der Waals surface area (Å²) in [5, 5.41) is 3.82. The monoisotopic (exact) mass is 256 g/mol. The number of hydrogen-bond donors (Lipinski definition) is 1. The molecule has 0 aliphatic carbocycles. The van der Waals surface area contributed by atoms with Crippen LogP contribution in [-0.4, -0.2) is 48.1 Å². The van der Waals surface area contributed by atoms with Gasteiger partial charge in [0.2, 0.25) is 0 Å². The summed E-state index contributed by atoms with van der Waals surface area (Å²) in [5.41, 5.74) is 0.528. The van der Waals surface area contributed by atoms with E-state index < -0.39 is 0 Å². The Kier molecular flexibility index (Phi) is 4.79. The molecule has 3 heteroatoms. The van der Waals surface area contributed by atoms with Crippen molar-refractivity contribution >= 4 is 11.8 Å². The van der Waals surface area contributed by atoms with Crippen molar-refractivity contribution < 1.29 is 0 Å². The molecule has 0 amide bonds. The maximum absolute atomic E-state index is 3.82. The highest BCUT2D eigenvalue weighted by Crippen LogP contribution is 2.33. The van der Waals surface area contributed by atoms with Crippen molar-refractivity contribution in [1.82, 2.24) is 10.2 Å². The van der Waals surface area contributed by atoms with Crippen LogP contribution >= 0.6 is 11.8 Å². The van der Waals surface area contributed by atoms with E-state index in [1.807, 2.05) is 0 Å². The molecule has 0 bridgehead atoms. The Bertz CT molecular complexity index is 242. The van der Waals surface area contributed by atoms with Crippen molar-refractivity contribution in [2.24, 2.45) is 5.41 Å². The molecule has 1 N–H and O–H groups in total. The second kappa shape index (κ2) is 5.94. The molecule has 2 fully saturated rings. The summed E-state index contributed by atoms with van der Waals surface area (Å²) in [5.74, 6) is 2.64. The number of nitrogens with one attached hydrogen (secondary N) is 1. The number of hydrogen-bond acceptors (Lipinski definition) is 3. The fraction of sp³-hybridized carbons (Fsp3) is 1.00. The van der Waals surface area contributed by atoms with E-state index in [4.69, 9.17) is 0 Å². The van der Waals surface area contributed by atoms with Crippen LogP contribution in [0.2, 0.25) is 0 Å². The van der Waals surface area contributed by atoms with Crippen LogP contribution in [0.15, 0.2) is 0 Å². The van der Waals surface area contributed by atoms with E-state index in [0.29, 0.717) is 5.41 Å². The highest BCUT2D eigenvalue weighted by molar-refractivity contribution is 7.99. The van der Waals surface area contributed by atoms with Gasteiger partial charge in [-0.05, 0) is 43.5 Å². The highest BCUT2D eigenvalue weighted by atomic mass is 32.2. The number of likely N-dealkylation sites (tertiary alicyclic amines) is 1. The van der Waals surface area contributed by atoms with Crippen LogP contribution in [0.3, 0.4) is 0 Å². The van der Waals surface area contributed by atoms with Crippen LogP contribution in [0.4, 0.5) is 0 Å². The maximum Gasteiger partial charge on any atom is 0.0221 e. The van der Waals surface area contributed by atoms with Crippen molar-refractivity contribution in [3.05, 3.63) is 0 Å². The fourth-order valence-electron chi connectivity index (χ4n) is 3.24. The van der Waals surface area contributed by atoms with Crippen LogP contribution in [0.1, 0.15) is 40.0 Å². The minimum Gasteiger partial charge on any atom is -0.312 e. The van der Waals surface area contributed by atoms with E-state index in [-0.39, 0.29) is 0 Å². The van der Waals surface area contributed by atoms with Gasteiger partial charge in [-0.15, -0.1) is 0 Å². The van der Waals surface area contributed by atoms with E-state index in [2.05, 4.69) is 42.7 Å². The molecular formula is C14H28N2S. The van der Waals surface area contributed by atoms with Gasteiger partial charge in [-0.25, -0.2) is 0 Å².